The Kier molecular flexibility index (Phi) is 5.47. The number of halogens is 1. The number of benzene rings is 2. The molecule has 24 heavy (non-hydrogen) atoms. The lowest BCUT2D eigenvalue weighted by Crippen LogP contribution is -2.40. The number of hydrogen-bond donors (Lipinski definition) is 1. The molecule has 0 aromatic heterocycles. The van der Waals surface area contributed by atoms with Crippen LogP contribution in [-0.2, 0) is 4.74 Å². The van der Waals surface area contributed by atoms with Gasteiger partial charge in [-0.25, -0.2) is 0 Å². The summed E-state index contributed by atoms with van der Waals surface area (Å²) >= 11 is 2.17. The standard InChI is InChI=1S/C18H17IN2O3/c19-15-3-1-2-14(12-15)17(22)20-16-6-4-13(5-7-16)18(23)21-8-10-24-11-9-21/h1-7,12H,8-11H2,(H,20,22). The Balaban J connectivity index is 1.66. The van der Waals surface area contributed by atoms with Crippen molar-refractivity contribution in [3.05, 3.63) is 63.2 Å². The van der Waals surface area contributed by atoms with Gasteiger partial charge in [-0.1, -0.05) is 6.07 Å². The molecule has 6 heteroatoms. The van der Waals surface area contributed by atoms with Gasteiger partial charge in [0, 0.05) is 33.5 Å². The predicted octanol–water partition coefficient (Wildman–Crippen LogP) is 3.02. The quantitative estimate of drug-likeness (QED) is 0.753. The second-order valence-electron chi connectivity index (χ2n) is 5.45. The van der Waals surface area contributed by atoms with Crippen LogP contribution in [0.25, 0.3) is 0 Å². The molecule has 0 spiro atoms. The zero-order valence-corrected chi connectivity index (χ0v) is 15.2. The largest absolute Gasteiger partial charge is 0.378 e. The lowest BCUT2D eigenvalue weighted by atomic mass is 10.1. The molecule has 0 bridgehead atoms. The number of rotatable bonds is 3. The van der Waals surface area contributed by atoms with E-state index in [2.05, 4.69) is 27.9 Å². The van der Waals surface area contributed by atoms with Crippen LogP contribution in [0.3, 0.4) is 0 Å². The van der Waals surface area contributed by atoms with E-state index in [0.717, 1.165) is 3.57 Å². The number of anilines is 1. The minimum atomic E-state index is -0.166. The van der Waals surface area contributed by atoms with Crippen molar-refractivity contribution >= 4 is 40.1 Å². The molecular weight excluding hydrogens is 419 g/mol. The molecule has 2 aromatic rings. The third-order valence-corrected chi connectivity index (χ3v) is 4.45. The Morgan fingerprint density at radius 2 is 1.71 bits per heavy atom. The number of carbonyl (C=O) groups is 2. The summed E-state index contributed by atoms with van der Waals surface area (Å²) in [5.74, 6) is -0.172. The van der Waals surface area contributed by atoms with Gasteiger partial charge in [0.2, 0.25) is 0 Å². The molecule has 1 N–H and O–H groups in total. The molecule has 124 valence electrons. The van der Waals surface area contributed by atoms with E-state index in [1.54, 1.807) is 35.2 Å². The van der Waals surface area contributed by atoms with Crippen LogP contribution in [0, 0.1) is 3.57 Å². The third kappa shape index (κ3) is 4.12. The van der Waals surface area contributed by atoms with E-state index in [1.807, 2.05) is 18.2 Å². The highest BCUT2D eigenvalue weighted by atomic mass is 127. The summed E-state index contributed by atoms with van der Waals surface area (Å²) in [6.45, 7) is 2.39. The van der Waals surface area contributed by atoms with Crippen molar-refractivity contribution in [3.8, 4) is 0 Å². The fourth-order valence-electron chi connectivity index (χ4n) is 2.48. The van der Waals surface area contributed by atoms with Crippen LogP contribution in [0.15, 0.2) is 48.5 Å². The van der Waals surface area contributed by atoms with Gasteiger partial charge < -0.3 is 15.0 Å². The number of nitrogens with one attached hydrogen (secondary N) is 1. The summed E-state index contributed by atoms with van der Waals surface area (Å²) in [5.41, 5.74) is 1.89. The van der Waals surface area contributed by atoms with Crippen LogP contribution >= 0.6 is 22.6 Å². The zero-order valence-electron chi connectivity index (χ0n) is 13.0. The van der Waals surface area contributed by atoms with Crippen LogP contribution in [-0.4, -0.2) is 43.0 Å². The number of ether oxygens (including phenoxy) is 1. The second-order valence-corrected chi connectivity index (χ2v) is 6.69. The second kappa shape index (κ2) is 7.76. The maximum absolute atomic E-state index is 12.4. The molecule has 1 heterocycles. The number of carbonyl (C=O) groups excluding carboxylic acids is 2. The van der Waals surface area contributed by atoms with Crippen LogP contribution in [0.5, 0.6) is 0 Å². The summed E-state index contributed by atoms with van der Waals surface area (Å²) in [4.78, 5) is 26.4. The number of hydrogen-bond acceptors (Lipinski definition) is 3. The van der Waals surface area contributed by atoms with Gasteiger partial charge in [0.15, 0.2) is 0 Å². The van der Waals surface area contributed by atoms with Gasteiger partial charge in [-0.2, -0.15) is 0 Å². The van der Waals surface area contributed by atoms with Gasteiger partial charge in [-0.15, -0.1) is 0 Å². The lowest BCUT2D eigenvalue weighted by Gasteiger charge is -2.26. The molecule has 1 aliphatic heterocycles. The Hall–Kier alpha value is -1.93. The van der Waals surface area contributed by atoms with Crippen molar-refractivity contribution in [2.75, 3.05) is 31.6 Å². The van der Waals surface area contributed by atoms with Crippen molar-refractivity contribution in [1.82, 2.24) is 4.90 Å². The molecular formula is C18H17IN2O3. The van der Waals surface area contributed by atoms with E-state index in [4.69, 9.17) is 4.74 Å². The summed E-state index contributed by atoms with van der Waals surface area (Å²) in [6, 6.07) is 14.4. The smallest absolute Gasteiger partial charge is 0.255 e. The fraction of sp³-hybridized carbons (Fsp3) is 0.222. The molecule has 2 amide bonds. The maximum Gasteiger partial charge on any atom is 0.255 e. The molecule has 2 aromatic carbocycles. The fourth-order valence-corrected chi connectivity index (χ4v) is 3.02. The molecule has 3 rings (SSSR count). The summed E-state index contributed by atoms with van der Waals surface area (Å²) in [6.07, 6.45) is 0. The van der Waals surface area contributed by atoms with E-state index in [1.165, 1.54) is 0 Å². The van der Waals surface area contributed by atoms with Gasteiger partial charge in [0.05, 0.1) is 13.2 Å². The van der Waals surface area contributed by atoms with Gasteiger partial charge in [0.25, 0.3) is 11.8 Å². The van der Waals surface area contributed by atoms with E-state index < -0.39 is 0 Å². The molecule has 1 aliphatic rings. The molecule has 1 saturated heterocycles. The molecule has 1 fully saturated rings. The molecule has 0 radical (unpaired) electrons. The zero-order chi connectivity index (χ0) is 16.9. The first-order chi connectivity index (χ1) is 11.6. The predicted molar refractivity (Wildman–Crippen MR) is 100 cm³/mol. The third-order valence-electron chi connectivity index (χ3n) is 3.77. The van der Waals surface area contributed by atoms with Crippen molar-refractivity contribution in [2.45, 2.75) is 0 Å². The topological polar surface area (TPSA) is 58.6 Å². The van der Waals surface area contributed by atoms with Crippen LogP contribution in [0.2, 0.25) is 0 Å². The average molecular weight is 436 g/mol. The highest BCUT2D eigenvalue weighted by Gasteiger charge is 2.18. The minimum Gasteiger partial charge on any atom is -0.378 e. The Morgan fingerprint density at radius 3 is 2.38 bits per heavy atom. The molecule has 5 nitrogen and oxygen atoms in total. The minimum absolute atomic E-state index is 0.00575. The van der Waals surface area contributed by atoms with Gasteiger partial charge >= 0.3 is 0 Å². The monoisotopic (exact) mass is 436 g/mol. The summed E-state index contributed by atoms with van der Waals surface area (Å²) in [7, 11) is 0. The number of nitrogens with zero attached hydrogens (tertiary/aromatic N) is 1. The average Bonchev–Trinajstić information content (AvgIpc) is 2.62. The van der Waals surface area contributed by atoms with Gasteiger partial charge in [-0.3, -0.25) is 9.59 Å². The molecule has 0 unspecified atom stereocenters. The molecule has 0 atom stereocenters. The van der Waals surface area contributed by atoms with E-state index in [0.29, 0.717) is 43.1 Å². The van der Waals surface area contributed by atoms with Crippen LogP contribution < -0.4 is 5.32 Å². The Labute approximate surface area is 154 Å². The number of amides is 2. The van der Waals surface area contributed by atoms with Crippen molar-refractivity contribution in [1.29, 1.82) is 0 Å². The van der Waals surface area contributed by atoms with Crippen molar-refractivity contribution < 1.29 is 14.3 Å². The van der Waals surface area contributed by atoms with Crippen molar-refractivity contribution in [2.24, 2.45) is 0 Å². The highest BCUT2D eigenvalue weighted by Crippen LogP contribution is 2.15. The van der Waals surface area contributed by atoms with Crippen molar-refractivity contribution in [3.63, 3.8) is 0 Å². The normalized spacial score (nSPS) is 14.3. The summed E-state index contributed by atoms with van der Waals surface area (Å²) < 4.78 is 6.26. The first-order valence-corrected chi connectivity index (χ1v) is 8.75. The summed E-state index contributed by atoms with van der Waals surface area (Å²) in [5, 5.41) is 2.84. The molecule has 0 aliphatic carbocycles. The maximum atomic E-state index is 12.4. The first kappa shape index (κ1) is 16.9. The van der Waals surface area contributed by atoms with Gasteiger partial charge in [0.1, 0.15) is 0 Å². The van der Waals surface area contributed by atoms with E-state index in [9.17, 15) is 9.59 Å². The Bertz CT molecular complexity index is 740. The van der Waals surface area contributed by atoms with Crippen LogP contribution in [0.1, 0.15) is 20.7 Å². The van der Waals surface area contributed by atoms with Gasteiger partial charge in [-0.05, 0) is 65.1 Å². The molecule has 0 saturated carbocycles. The SMILES string of the molecule is O=C(Nc1ccc(C(=O)N2CCOCC2)cc1)c1cccc(I)c1. The van der Waals surface area contributed by atoms with E-state index in [-0.39, 0.29) is 11.8 Å². The lowest BCUT2D eigenvalue weighted by molar-refractivity contribution is 0.0303. The highest BCUT2D eigenvalue weighted by molar-refractivity contribution is 14.1. The Morgan fingerprint density at radius 1 is 1.00 bits per heavy atom. The van der Waals surface area contributed by atoms with Crippen LogP contribution in [0.4, 0.5) is 5.69 Å². The first-order valence-electron chi connectivity index (χ1n) is 7.67. The number of morpholine rings is 1. The van der Waals surface area contributed by atoms with E-state index >= 15 is 0 Å².